The van der Waals surface area contributed by atoms with E-state index in [4.69, 9.17) is 11.5 Å². The van der Waals surface area contributed by atoms with Gasteiger partial charge in [0.1, 0.15) is 0 Å². The maximum Gasteiger partial charge on any atom is 0.0997 e. The van der Waals surface area contributed by atoms with Gasteiger partial charge in [0, 0.05) is 6.42 Å². The van der Waals surface area contributed by atoms with Gasteiger partial charge in [-0.15, -0.1) is 0 Å². The van der Waals surface area contributed by atoms with Crippen molar-refractivity contribution in [3.05, 3.63) is 24.3 Å². The lowest BCUT2D eigenvalue weighted by Crippen LogP contribution is -2.10. The Morgan fingerprint density at radius 3 is 2.69 bits per heavy atom. The molecule has 3 heteroatoms. The van der Waals surface area contributed by atoms with E-state index >= 15 is 0 Å². The van der Waals surface area contributed by atoms with E-state index in [1.807, 2.05) is 24.3 Å². The maximum absolute atomic E-state index is 5.70. The van der Waals surface area contributed by atoms with Crippen LogP contribution in [-0.4, -0.2) is 5.84 Å². The van der Waals surface area contributed by atoms with Crippen LogP contribution >= 0.6 is 0 Å². The molecular weight excluding hydrogens is 162 g/mol. The zero-order valence-corrected chi connectivity index (χ0v) is 7.83. The predicted molar refractivity (Wildman–Crippen MR) is 57.0 cm³/mol. The Morgan fingerprint density at radius 1 is 1.38 bits per heavy atom. The quantitative estimate of drug-likeness (QED) is 0.421. The number of nitrogen functional groups attached to an aromatic ring is 1. The Balaban J connectivity index is 2.84. The summed E-state index contributed by atoms with van der Waals surface area (Å²) >= 11 is 0. The average molecular weight is 177 g/mol. The SMILES string of the molecule is CCCC(N)=Nc1ccccc1N. The maximum atomic E-state index is 5.70. The number of para-hydroxylation sites is 2. The van der Waals surface area contributed by atoms with Crippen molar-refractivity contribution in [2.45, 2.75) is 19.8 Å². The number of rotatable bonds is 3. The van der Waals surface area contributed by atoms with E-state index in [0.29, 0.717) is 11.5 Å². The first-order chi connectivity index (χ1) is 6.24. The smallest absolute Gasteiger partial charge is 0.0997 e. The van der Waals surface area contributed by atoms with E-state index in [1.54, 1.807) is 0 Å². The molecule has 3 nitrogen and oxygen atoms in total. The second-order valence-corrected chi connectivity index (χ2v) is 2.91. The van der Waals surface area contributed by atoms with Crippen LogP contribution in [0.3, 0.4) is 0 Å². The highest BCUT2D eigenvalue weighted by Gasteiger charge is 1.95. The summed E-state index contributed by atoms with van der Waals surface area (Å²) in [6.45, 7) is 2.07. The van der Waals surface area contributed by atoms with E-state index in [0.717, 1.165) is 18.5 Å². The Kier molecular flexibility index (Phi) is 3.31. The van der Waals surface area contributed by atoms with Crippen molar-refractivity contribution in [2.24, 2.45) is 10.7 Å². The van der Waals surface area contributed by atoms with Crippen LogP contribution in [0.15, 0.2) is 29.3 Å². The van der Waals surface area contributed by atoms with Crippen LogP contribution in [0.25, 0.3) is 0 Å². The minimum absolute atomic E-state index is 0.639. The van der Waals surface area contributed by atoms with Gasteiger partial charge < -0.3 is 11.5 Å². The molecule has 0 spiro atoms. The Labute approximate surface area is 78.5 Å². The van der Waals surface area contributed by atoms with Crippen LogP contribution in [0.2, 0.25) is 0 Å². The molecule has 0 atom stereocenters. The molecule has 0 aliphatic rings. The summed E-state index contributed by atoms with van der Waals surface area (Å²) in [6.07, 6.45) is 1.82. The van der Waals surface area contributed by atoms with Crippen LogP contribution in [0.1, 0.15) is 19.8 Å². The third-order valence-electron chi connectivity index (χ3n) is 1.71. The lowest BCUT2D eigenvalue weighted by Gasteiger charge is -2.01. The Morgan fingerprint density at radius 2 is 2.08 bits per heavy atom. The van der Waals surface area contributed by atoms with Gasteiger partial charge in [-0.05, 0) is 18.6 Å². The molecule has 0 aliphatic heterocycles. The number of hydrogen-bond acceptors (Lipinski definition) is 2. The number of amidine groups is 1. The molecule has 1 rings (SSSR count). The summed E-state index contributed by atoms with van der Waals surface area (Å²) in [5, 5.41) is 0. The molecular formula is C10H15N3. The van der Waals surface area contributed by atoms with Gasteiger partial charge in [-0.3, -0.25) is 0 Å². The highest BCUT2D eigenvalue weighted by atomic mass is 14.9. The molecule has 0 aromatic heterocycles. The topological polar surface area (TPSA) is 64.4 Å². The number of nitrogens with two attached hydrogens (primary N) is 2. The number of nitrogens with zero attached hydrogens (tertiary/aromatic N) is 1. The van der Waals surface area contributed by atoms with Crippen molar-refractivity contribution in [3.8, 4) is 0 Å². The number of aliphatic imine (C=N–C) groups is 1. The normalized spacial score (nSPS) is 11.6. The predicted octanol–water partition coefficient (Wildman–Crippen LogP) is 2.06. The zero-order chi connectivity index (χ0) is 9.68. The van der Waals surface area contributed by atoms with Crippen LogP contribution in [0.5, 0.6) is 0 Å². The summed E-state index contributed by atoms with van der Waals surface area (Å²) in [7, 11) is 0. The molecule has 0 saturated carbocycles. The minimum atomic E-state index is 0.639. The second kappa shape index (κ2) is 4.50. The lowest BCUT2D eigenvalue weighted by atomic mass is 10.2. The van der Waals surface area contributed by atoms with Gasteiger partial charge in [0.2, 0.25) is 0 Å². The molecule has 0 fully saturated rings. The molecule has 0 unspecified atom stereocenters. The van der Waals surface area contributed by atoms with E-state index in [2.05, 4.69) is 11.9 Å². The molecule has 70 valence electrons. The second-order valence-electron chi connectivity index (χ2n) is 2.91. The molecule has 1 aromatic carbocycles. The molecule has 0 heterocycles. The van der Waals surface area contributed by atoms with Gasteiger partial charge in [0.05, 0.1) is 17.2 Å². The van der Waals surface area contributed by atoms with Gasteiger partial charge in [-0.25, -0.2) is 4.99 Å². The lowest BCUT2D eigenvalue weighted by molar-refractivity contribution is 0.983. The van der Waals surface area contributed by atoms with Crippen molar-refractivity contribution in [3.63, 3.8) is 0 Å². The molecule has 1 aromatic rings. The monoisotopic (exact) mass is 177 g/mol. The first kappa shape index (κ1) is 9.58. The van der Waals surface area contributed by atoms with Crippen LogP contribution in [-0.2, 0) is 0 Å². The fraction of sp³-hybridized carbons (Fsp3) is 0.300. The summed E-state index contributed by atoms with van der Waals surface area (Å²) in [5.74, 6) is 0.639. The number of benzene rings is 1. The Bertz CT molecular complexity index is 305. The van der Waals surface area contributed by atoms with Gasteiger partial charge in [0.25, 0.3) is 0 Å². The van der Waals surface area contributed by atoms with Gasteiger partial charge in [-0.1, -0.05) is 19.1 Å². The number of hydrogen-bond donors (Lipinski definition) is 2. The van der Waals surface area contributed by atoms with E-state index in [-0.39, 0.29) is 0 Å². The molecule has 0 radical (unpaired) electrons. The summed E-state index contributed by atoms with van der Waals surface area (Å²) in [5.41, 5.74) is 12.8. The van der Waals surface area contributed by atoms with Crippen molar-refractivity contribution < 1.29 is 0 Å². The fourth-order valence-corrected chi connectivity index (χ4v) is 1.06. The largest absolute Gasteiger partial charge is 0.397 e. The van der Waals surface area contributed by atoms with Gasteiger partial charge >= 0.3 is 0 Å². The highest BCUT2D eigenvalue weighted by molar-refractivity contribution is 5.84. The minimum Gasteiger partial charge on any atom is -0.397 e. The standard InChI is InChI=1S/C10H15N3/c1-2-5-10(12)13-9-7-4-3-6-8(9)11/h3-4,6-7H,2,5,11H2,1H3,(H2,12,13). The van der Waals surface area contributed by atoms with Crippen LogP contribution < -0.4 is 11.5 Å². The van der Waals surface area contributed by atoms with Crippen molar-refractivity contribution in [2.75, 3.05) is 5.73 Å². The van der Waals surface area contributed by atoms with Crippen LogP contribution in [0.4, 0.5) is 11.4 Å². The third kappa shape index (κ3) is 2.78. The Hall–Kier alpha value is -1.51. The fourth-order valence-electron chi connectivity index (χ4n) is 1.06. The molecule has 13 heavy (non-hydrogen) atoms. The summed E-state index contributed by atoms with van der Waals surface area (Å²) in [4.78, 5) is 4.22. The van der Waals surface area contributed by atoms with E-state index in [1.165, 1.54) is 0 Å². The molecule has 0 aliphatic carbocycles. The van der Waals surface area contributed by atoms with E-state index < -0.39 is 0 Å². The highest BCUT2D eigenvalue weighted by Crippen LogP contribution is 2.20. The van der Waals surface area contributed by atoms with Gasteiger partial charge in [-0.2, -0.15) is 0 Å². The molecule has 4 N–H and O–H groups in total. The van der Waals surface area contributed by atoms with Crippen molar-refractivity contribution in [1.82, 2.24) is 0 Å². The average Bonchev–Trinajstić information content (AvgIpc) is 2.09. The number of anilines is 1. The summed E-state index contributed by atoms with van der Waals surface area (Å²) in [6, 6.07) is 7.45. The zero-order valence-electron chi connectivity index (χ0n) is 7.83. The summed E-state index contributed by atoms with van der Waals surface area (Å²) < 4.78 is 0. The first-order valence-corrected chi connectivity index (χ1v) is 4.41. The molecule has 0 amide bonds. The third-order valence-corrected chi connectivity index (χ3v) is 1.71. The van der Waals surface area contributed by atoms with Gasteiger partial charge in [0.15, 0.2) is 0 Å². The first-order valence-electron chi connectivity index (χ1n) is 4.41. The van der Waals surface area contributed by atoms with E-state index in [9.17, 15) is 0 Å². The van der Waals surface area contributed by atoms with Crippen molar-refractivity contribution >= 4 is 17.2 Å². The molecule has 0 bridgehead atoms. The van der Waals surface area contributed by atoms with Crippen LogP contribution in [0, 0.1) is 0 Å². The van der Waals surface area contributed by atoms with Crippen molar-refractivity contribution in [1.29, 1.82) is 0 Å². The molecule has 0 saturated heterocycles.